The first-order valence-corrected chi connectivity index (χ1v) is 16.0. The zero-order valence-corrected chi connectivity index (χ0v) is 27.3. The van der Waals surface area contributed by atoms with Crippen LogP contribution in [0.25, 0.3) is 10.4 Å². The second-order valence-electron chi connectivity index (χ2n) is 11.7. The number of nitrogens with zero attached hydrogens (tertiary/aromatic N) is 2. The molecule has 7 nitrogen and oxygen atoms in total. The van der Waals surface area contributed by atoms with Crippen LogP contribution in [0.3, 0.4) is 0 Å². The minimum absolute atomic E-state index is 0.0455. The average molecular weight is 607 g/mol. The molecule has 4 rings (SSSR count). The van der Waals surface area contributed by atoms with E-state index in [-0.39, 0.29) is 18.9 Å². The molecule has 2 aliphatic rings. The molecule has 0 radical (unpaired) electrons. The van der Waals surface area contributed by atoms with Gasteiger partial charge in [0.05, 0.1) is 28.2 Å². The Morgan fingerprint density at radius 2 is 1.85 bits per heavy atom. The second kappa shape index (κ2) is 15.8. The Kier molecular flexibility index (Phi) is 13.4. The van der Waals surface area contributed by atoms with Crippen LogP contribution in [0.5, 0.6) is 0 Å². The highest BCUT2D eigenvalue weighted by Crippen LogP contribution is 2.40. The van der Waals surface area contributed by atoms with E-state index in [0.29, 0.717) is 11.5 Å². The summed E-state index contributed by atoms with van der Waals surface area (Å²) in [5, 5.41) is 5.59. The summed E-state index contributed by atoms with van der Waals surface area (Å²) in [7, 11) is 2.19. The lowest BCUT2D eigenvalue weighted by Gasteiger charge is -2.32. The highest BCUT2D eigenvalue weighted by molar-refractivity contribution is 8.01. The number of hydrogen-bond acceptors (Lipinski definition) is 7. The van der Waals surface area contributed by atoms with E-state index in [1.807, 2.05) is 59.2 Å². The van der Waals surface area contributed by atoms with Gasteiger partial charge in [-0.15, -0.1) is 11.3 Å². The molecule has 0 bridgehead atoms. The lowest BCUT2D eigenvalue weighted by molar-refractivity contribution is -0.130. The maximum Gasteiger partial charge on any atom is 0.258 e. The van der Waals surface area contributed by atoms with Crippen molar-refractivity contribution in [2.45, 2.75) is 108 Å². The SMILES string of the molecule is CC(C)SC(C)(C)C(C=O)NC(=O)C1(F)CC1.CC1CCCN1C.Cc1ncsc1-c1ccc(C(C)NC=O)cc1. The molecule has 1 aliphatic heterocycles. The summed E-state index contributed by atoms with van der Waals surface area (Å²) in [5.74, 6) is -0.646. The van der Waals surface area contributed by atoms with Gasteiger partial charge in [0.15, 0.2) is 5.67 Å². The molecule has 2 aromatic rings. The topological polar surface area (TPSA) is 91.4 Å². The van der Waals surface area contributed by atoms with Crippen molar-refractivity contribution in [2.75, 3.05) is 13.6 Å². The molecule has 2 fully saturated rings. The minimum Gasteiger partial charge on any atom is -0.352 e. The van der Waals surface area contributed by atoms with Crippen LogP contribution in [0.15, 0.2) is 29.8 Å². The quantitative estimate of drug-likeness (QED) is 0.317. The third-order valence-corrected chi connectivity index (χ3v) is 9.74. The molecule has 1 aliphatic carbocycles. The summed E-state index contributed by atoms with van der Waals surface area (Å²) in [5.41, 5.74) is 3.46. The molecule has 1 aromatic carbocycles. The third-order valence-electron chi connectivity index (χ3n) is 7.43. The largest absolute Gasteiger partial charge is 0.352 e. The molecule has 2 N–H and O–H groups in total. The van der Waals surface area contributed by atoms with Crippen molar-refractivity contribution in [3.63, 3.8) is 0 Å². The molecule has 10 heteroatoms. The summed E-state index contributed by atoms with van der Waals surface area (Å²) in [6, 6.07) is 8.45. The number of hydrogen-bond donors (Lipinski definition) is 2. The number of carbonyl (C=O) groups excluding carboxylic acids is 3. The van der Waals surface area contributed by atoms with Crippen LogP contribution in [0.2, 0.25) is 0 Å². The van der Waals surface area contributed by atoms with E-state index >= 15 is 0 Å². The molecule has 0 spiro atoms. The standard InChI is InChI=1S/C13H14N2OS.C12H20FNO2S.C6H13N/c1-9(14-7-16)11-3-5-12(6-4-11)13-10(2)15-8-17-13;1-8(2)17-11(3,4)9(7-15)14-10(16)12(13)5-6-12;1-6-4-3-5-7(6)2/h3-9H,1-2H3,(H,14,16);7-9H,5-6H2,1-4H3,(H,14,16);6H,3-5H2,1-2H3. The van der Waals surface area contributed by atoms with Gasteiger partial charge in [-0.2, -0.15) is 11.8 Å². The average Bonchev–Trinajstić information content (AvgIpc) is 3.35. The van der Waals surface area contributed by atoms with Crippen LogP contribution in [-0.2, 0) is 14.4 Å². The Bertz CT molecular complexity index is 1110. The van der Waals surface area contributed by atoms with Gasteiger partial charge < -0.3 is 20.3 Å². The van der Waals surface area contributed by atoms with E-state index in [0.717, 1.165) is 23.7 Å². The monoisotopic (exact) mass is 606 g/mol. The van der Waals surface area contributed by atoms with Gasteiger partial charge in [0.25, 0.3) is 5.91 Å². The van der Waals surface area contributed by atoms with Gasteiger partial charge in [-0.3, -0.25) is 9.59 Å². The highest BCUT2D eigenvalue weighted by atomic mass is 32.2. The molecule has 1 aromatic heterocycles. The van der Waals surface area contributed by atoms with Gasteiger partial charge in [0, 0.05) is 10.8 Å². The van der Waals surface area contributed by atoms with Crippen LogP contribution >= 0.6 is 23.1 Å². The summed E-state index contributed by atoms with van der Waals surface area (Å²) in [6.07, 6.45) is 4.75. The number of amides is 2. The molecule has 1 saturated carbocycles. The van der Waals surface area contributed by atoms with Crippen LogP contribution in [0.4, 0.5) is 4.39 Å². The molecule has 2 amide bonds. The summed E-state index contributed by atoms with van der Waals surface area (Å²) < 4.78 is 13.1. The maximum atomic E-state index is 13.5. The van der Waals surface area contributed by atoms with Crippen molar-refractivity contribution >= 4 is 41.7 Å². The summed E-state index contributed by atoms with van der Waals surface area (Å²) >= 11 is 3.24. The van der Waals surface area contributed by atoms with Crippen LogP contribution < -0.4 is 10.6 Å². The molecule has 3 unspecified atom stereocenters. The molecule has 1 saturated heterocycles. The lowest BCUT2D eigenvalue weighted by atomic mass is 10.0. The predicted octanol–water partition coefficient (Wildman–Crippen LogP) is 6.12. The van der Waals surface area contributed by atoms with Crippen LogP contribution in [0.1, 0.15) is 84.5 Å². The number of likely N-dealkylation sites (tertiary alicyclic amines) is 1. The number of halogens is 1. The zero-order valence-electron chi connectivity index (χ0n) is 25.7. The number of aromatic nitrogens is 1. The van der Waals surface area contributed by atoms with Gasteiger partial charge in [0.2, 0.25) is 6.41 Å². The number of rotatable bonds is 10. The van der Waals surface area contributed by atoms with Crippen molar-refractivity contribution in [2.24, 2.45) is 0 Å². The smallest absolute Gasteiger partial charge is 0.258 e. The Labute approximate surface area is 253 Å². The molecule has 3 atom stereocenters. The van der Waals surface area contributed by atoms with E-state index in [1.54, 1.807) is 23.1 Å². The van der Waals surface area contributed by atoms with E-state index in [2.05, 4.69) is 46.6 Å². The summed E-state index contributed by atoms with van der Waals surface area (Å²) in [6.45, 7) is 15.4. The summed E-state index contributed by atoms with van der Waals surface area (Å²) in [4.78, 5) is 40.9. The van der Waals surface area contributed by atoms with Crippen LogP contribution in [-0.4, -0.2) is 69.8 Å². The Hall–Kier alpha value is -2.30. The first-order chi connectivity index (χ1) is 19.2. The van der Waals surface area contributed by atoms with Crippen molar-refractivity contribution in [3.05, 3.63) is 41.0 Å². The first kappa shape index (κ1) is 34.9. The molecular weight excluding hydrogens is 559 g/mol. The van der Waals surface area contributed by atoms with E-state index < -0.39 is 22.4 Å². The Balaban J connectivity index is 0.000000233. The Morgan fingerprint density at radius 1 is 1.22 bits per heavy atom. The molecule has 228 valence electrons. The van der Waals surface area contributed by atoms with E-state index in [4.69, 9.17) is 0 Å². The van der Waals surface area contributed by atoms with Crippen molar-refractivity contribution in [1.29, 1.82) is 0 Å². The van der Waals surface area contributed by atoms with E-state index in [9.17, 15) is 18.8 Å². The van der Waals surface area contributed by atoms with Gasteiger partial charge in [-0.05, 0) is 90.3 Å². The van der Waals surface area contributed by atoms with Crippen molar-refractivity contribution in [3.8, 4) is 10.4 Å². The van der Waals surface area contributed by atoms with Gasteiger partial charge >= 0.3 is 0 Å². The number of benzene rings is 1. The highest BCUT2D eigenvalue weighted by Gasteiger charge is 2.52. The fraction of sp³-hybridized carbons (Fsp3) is 0.613. The number of nitrogens with one attached hydrogen (secondary N) is 2. The maximum absolute atomic E-state index is 13.5. The number of aryl methyl sites for hydroxylation is 1. The third kappa shape index (κ3) is 10.8. The van der Waals surface area contributed by atoms with Gasteiger partial charge in [0.1, 0.15) is 6.29 Å². The normalized spacial score (nSPS) is 19.1. The number of thiazole rings is 1. The second-order valence-corrected chi connectivity index (χ2v) is 14.8. The molecular formula is C31H47FN4O3S2. The number of aldehydes is 1. The van der Waals surface area contributed by atoms with Gasteiger partial charge in [-0.25, -0.2) is 9.37 Å². The Morgan fingerprint density at radius 3 is 2.24 bits per heavy atom. The number of alkyl halides is 1. The van der Waals surface area contributed by atoms with Crippen molar-refractivity contribution in [1.82, 2.24) is 20.5 Å². The predicted molar refractivity (Wildman–Crippen MR) is 169 cm³/mol. The minimum atomic E-state index is -1.72. The number of carbonyl (C=O) groups is 3. The van der Waals surface area contributed by atoms with E-state index in [1.165, 1.54) is 29.8 Å². The molecule has 41 heavy (non-hydrogen) atoms. The lowest BCUT2D eigenvalue weighted by Crippen LogP contribution is -2.51. The first-order valence-electron chi connectivity index (χ1n) is 14.3. The number of thioether (sulfide) groups is 1. The van der Waals surface area contributed by atoms with Crippen LogP contribution in [0, 0.1) is 6.92 Å². The van der Waals surface area contributed by atoms with Crippen molar-refractivity contribution < 1.29 is 18.8 Å². The fourth-order valence-corrected chi connectivity index (χ4v) is 6.72. The fourth-order valence-electron chi connectivity index (χ4n) is 4.44. The zero-order chi connectivity index (χ0) is 30.8. The molecule has 2 heterocycles. The van der Waals surface area contributed by atoms with Gasteiger partial charge in [-0.1, -0.05) is 38.1 Å².